The van der Waals surface area contributed by atoms with E-state index in [1.807, 2.05) is 0 Å². The molecule has 0 unspecified atom stereocenters. The summed E-state index contributed by atoms with van der Waals surface area (Å²) in [7, 11) is 0. The summed E-state index contributed by atoms with van der Waals surface area (Å²) in [6, 6.07) is 8.53. The van der Waals surface area contributed by atoms with Gasteiger partial charge in [-0.05, 0) is 17.7 Å². The third kappa shape index (κ3) is 3.20. The van der Waals surface area contributed by atoms with Crippen LogP contribution in [0.15, 0.2) is 29.3 Å². The number of rotatable bonds is 3. The molecule has 0 radical (unpaired) electrons. The maximum atomic E-state index is 4.39. The third-order valence-electron chi connectivity index (χ3n) is 2.22. The average molecular weight is 427 g/mol. The monoisotopic (exact) mass is 427 g/mol. The smallest absolute Gasteiger partial charge is 0.101 e. The van der Waals surface area contributed by atoms with Crippen LogP contribution in [0.4, 0.5) is 5.69 Å². The fourth-order valence-corrected chi connectivity index (χ4v) is 2.13. The van der Waals surface area contributed by atoms with Gasteiger partial charge in [-0.2, -0.15) is 0 Å². The molecule has 80 valence electrons. The molecule has 15 heavy (non-hydrogen) atoms. The normalized spacial score (nSPS) is 14.7. The number of amidine groups is 1. The highest BCUT2D eigenvalue weighted by atomic mass is 127. The van der Waals surface area contributed by atoms with E-state index in [9.17, 15) is 0 Å². The summed E-state index contributed by atoms with van der Waals surface area (Å²) >= 11 is 4.53. The molecular weight excluding hydrogens is 416 g/mol. The first-order valence-electron chi connectivity index (χ1n) is 4.73. The standard InChI is InChI=1S/C10H11I2N3/c11-15(12)9-3-1-2-8(6-9)7-10-13-4-5-14-10/h1-3,6H,4-5,7H2,(H,13,14). The van der Waals surface area contributed by atoms with Gasteiger partial charge < -0.3 is 5.32 Å². The topological polar surface area (TPSA) is 27.6 Å². The highest BCUT2D eigenvalue weighted by Gasteiger charge is 2.07. The summed E-state index contributed by atoms with van der Waals surface area (Å²) in [5.41, 5.74) is 2.52. The highest BCUT2D eigenvalue weighted by Crippen LogP contribution is 2.23. The van der Waals surface area contributed by atoms with E-state index < -0.39 is 0 Å². The molecule has 0 aliphatic carbocycles. The number of hydrogen-bond donors (Lipinski definition) is 1. The summed E-state index contributed by atoms with van der Waals surface area (Å²) in [4.78, 5) is 4.39. The van der Waals surface area contributed by atoms with Crippen molar-refractivity contribution < 1.29 is 0 Å². The van der Waals surface area contributed by atoms with E-state index in [1.54, 1.807) is 0 Å². The summed E-state index contributed by atoms with van der Waals surface area (Å²) in [5.74, 6) is 1.11. The molecule has 0 aromatic heterocycles. The van der Waals surface area contributed by atoms with Gasteiger partial charge in [-0.25, -0.2) is 0 Å². The minimum absolute atomic E-state index is 0.912. The zero-order chi connectivity index (χ0) is 10.7. The molecule has 1 heterocycles. The Labute approximate surface area is 117 Å². The lowest BCUT2D eigenvalue weighted by Gasteiger charge is -2.09. The van der Waals surface area contributed by atoms with Crippen molar-refractivity contribution in [1.29, 1.82) is 0 Å². The van der Waals surface area contributed by atoms with Crippen LogP contribution in [0.2, 0.25) is 0 Å². The van der Waals surface area contributed by atoms with Gasteiger partial charge in [0.2, 0.25) is 0 Å². The van der Waals surface area contributed by atoms with E-state index in [0.717, 1.165) is 25.3 Å². The quantitative estimate of drug-likeness (QED) is 0.594. The first-order valence-corrected chi connectivity index (χ1v) is 6.66. The summed E-state index contributed by atoms with van der Waals surface area (Å²) in [6.45, 7) is 1.90. The second-order valence-electron chi connectivity index (χ2n) is 3.33. The Kier molecular flexibility index (Phi) is 4.06. The van der Waals surface area contributed by atoms with Gasteiger partial charge in [0.05, 0.1) is 58.0 Å². The van der Waals surface area contributed by atoms with Crippen LogP contribution in [-0.2, 0) is 6.42 Å². The van der Waals surface area contributed by atoms with Crippen molar-refractivity contribution in [3.8, 4) is 0 Å². The number of nitrogens with zero attached hydrogens (tertiary/aromatic N) is 2. The minimum atomic E-state index is 0.912. The Bertz CT molecular complexity index is 377. The lowest BCUT2D eigenvalue weighted by atomic mass is 10.1. The second kappa shape index (κ2) is 5.33. The number of halogens is 2. The van der Waals surface area contributed by atoms with Crippen LogP contribution in [0.25, 0.3) is 0 Å². The highest BCUT2D eigenvalue weighted by molar-refractivity contribution is 14.2. The molecule has 0 amide bonds. The van der Waals surface area contributed by atoms with Gasteiger partial charge in [-0.3, -0.25) is 6.32 Å². The molecule has 0 bridgehead atoms. The molecule has 0 atom stereocenters. The van der Waals surface area contributed by atoms with Crippen molar-refractivity contribution in [2.75, 3.05) is 14.4 Å². The molecule has 1 aromatic carbocycles. The molecule has 3 nitrogen and oxygen atoms in total. The summed E-state index contributed by atoms with van der Waals surface area (Å²) in [6.07, 6.45) is 0.912. The lowest BCUT2D eigenvalue weighted by molar-refractivity contribution is 0.953. The fraction of sp³-hybridized carbons (Fsp3) is 0.300. The second-order valence-corrected chi connectivity index (χ2v) is 7.11. The fourth-order valence-electron chi connectivity index (χ4n) is 1.53. The zero-order valence-electron chi connectivity index (χ0n) is 8.08. The van der Waals surface area contributed by atoms with E-state index in [1.165, 1.54) is 11.3 Å². The Morgan fingerprint density at radius 3 is 2.93 bits per heavy atom. The van der Waals surface area contributed by atoms with E-state index in [2.05, 4.69) is 81.6 Å². The predicted molar refractivity (Wildman–Crippen MR) is 81.0 cm³/mol. The molecular formula is C10H11I2N3. The van der Waals surface area contributed by atoms with Gasteiger partial charge in [0, 0.05) is 13.0 Å². The number of nitrogens with one attached hydrogen (secondary N) is 1. The Morgan fingerprint density at radius 1 is 1.40 bits per heavy atom. The van der Waals surface area contributed by atoms with Gasteiger partial charge in [-0.15, -0.1) is 0 Å². The Hall–Kier alpha value is -0.0500. The molecule has 0 saturated heterocycles. The first kappa shape index (κ1) is 11.4. The number of benzene rings is 1. The molecule has 5 heteroatoms. The van der Waals surface area contributed by atoms with Crippen LogP contribution < -0.4 is 6.64 Å². The molecule has 1 N–H and O–H groups in total. The van der Waals surface area contributed by atoms with Crippen molar-refractivity contribution in [3.05, 3.63) is 29.8 Å². The van der Waals surface area contributed by atoms with Crippen LogP contribution >= 0.6 is 45.7 Å². The molecule has 0 saturated carbocycles. The van der Waals surface area contributed by atoms with Crippen LogP contribution in [0.1, 0.15) is 5.56 Å². The van der Waals surface area contributed by atoms with Gasteiger partial charge in [-0.1, -0.05) is 12.1 Å². The number of anilines is 1. The molecule has 2 rings (SSSR count). The van der Waals surface area contributed by atoms with Gasteiger partial charge >= 0.3 is 0 Å². The first-order chi connectivity index (χ1) is 7.25. The van der Waals surface area contributed by atoms with E-state index >= 15 is 0 Å². The summed E-state index contributed by atoms with van der Waals surface area (Å²) in [5, 5.41) is 3.29. The van der Waals surface area contributed by atoms with E-state index in [-0.39, 0.29) is 0 Å². The average Bonchev–Trinajstić information content (AvgIpc) is 2.71. The van der Waals surface area contributed by atoms with Crippen LogP contribution in [0.3, 0.4) is 0 Å². The maximum Gasteiger partial charge on any atom is 0.101 e. The van der Waals surface area contributed by atoms with Crippen molar-refractivity contribution in [2.24, 2.45) is 4.99 Å². The van der Waals surface area contributed by atoms with Gasteiger partial charge in [0.25, 0.3) is 0 Å². The largest absolute Gasteiger partial charge is 0.372 e. The molecule has 1 aromatic rings. The Balaban J connectivity index is 2.11. The SMILES string of the molecule is IN(I)c1cccc(CC2=NCCN2)c1. The third-order valence-corrected chi connectivity index (χ3v) is 3.33. The van der Waals surface area contributed by atoms with Crippen molar-refractivity contribution >= 4 is 57.3 Å². The van der Waals surface area contributed by atoms with Crippen LogP contribution in [-0.4, -0.2) is 18.9 Å². The molecule has 1 aliphatic heterocycles. The van der Waals surface area contributed by atoms with Gasteiger partial charge in [0.1, 0.15) is 5.84 Å². The van der Waals surface area contributed by atoms with Crippen LogP contribution in [0.5, 0.6) is 0 Å². The number of hydrogen-bond acceptors (Lipinski definition) is 3. The molecule has 0 spiro atoms. The lowest BCUT2D eigenvalue weighted by Crippen LogP contribution is -2.20. The van der Waals surface area contributed by atoms with Gasteiger partial charge in [0.15, 0.2) is 0 Å². The predicted octanol–water partition coefficient (Wildman–Crippen LogP) is 2.74. The molecule has 0 fully saturated rings. The van der Waals surface area contributed by atoms with E-state index in [0.29, 0.717) is 0 Å². The molecule has 1 aliphatic rings. The van der Waals surface area contributed by atoms with Crippen molar-refractivity contribution in [3.63, 3.8) is 0 Å². The minimum Gasteiger partial charge on any atom is -0.372 e. The number of aliphatic imine (C=N–C) groups is 1. The summed E-state index contributed by atoms with van der Waals surface area (Å²) < 4.78 is 2.06. The van der Waals surface area contributed by atoms with E-state index in [4.69, 9.17) is 0 Å². The van der Waals surface area contributed by atoms with Crippen molar-refractivity contribution in [1.82, 2.24) is 5.32 Å². The zero-order valence-corrected chi connectivity index (χ0v) is 12.4. The maximum absolute atomic E-state index is 4.39. The van der Waals surface area contributed by atoms with Crippen LogP contribution in [0, 0.1) is 0 Å². The van der Waals surface area contributed by atoms with Crippen molar-refractivity contribution in [2.45, 2.75) is 6.42 Å². The Morgan fingerprint density at radius 2 is 2.27 bits per heavy atom.